The fourth-order valence-electron chi connectivity index (χ4n) is 9.74. The number of hydrogen-bond donors (Lipinski definition) is 0. The molecule has 8 aromatic carbocycles. The minimum atomic E-state index is 0.00217. The monoisotopic (exact) mass is 636 g/mol. The Morgan fingerprint density at radius 2 is 1.34 bits per heavy atom. The fourth-order valence-corrected chi connectivity index (χ4v) is 9.74. The van der Waals surface area contributed by atoms with Crippen LogP contribution in [0.15, 0.2) is 140 Å². The lowest BCUT2D eigenvalue weighted by atomic mass is 9.80. The molecule has 0 heteroatoms. The number of fused-ring (bicyclic) bond motifs is 3. The van der Waals surface area contributed by atoms with Gasteiger partial charge >= 0.3 is 0 Å². The molecule has 236 valence electrons. The summed E-state index contributed by atoms with van der Waals surface area (Å²) in [5.41, 5.74) is 12.3. The molecule has 0 saturated carbocycles. The van der Waals surface area contributed by atoms with Gasteiger partial charge in [0.25, 0.3) is 0 Å². The van der Waals surface area contributed by atoms with Crippen molar-refractivity contribution in [2.24, 2.45) is 0 Å². The zero-order chi connectivity index (χ0) is 33.1. The van der Waals surface area contributed by atoms with Crippen molar-refractivity contribution >= 4 is 60.3 Å². The molecule has 50 heavy (non-hydrogen) atoms. The first kappa shape index (κ1) is 28.2. The summed E-state index contributed by atoms with van der Waals surface area (Å²) in [6, 6.07) is 48.4. The summed E-state index contributed by atoms with van der Waals surface area (Å²) in [4.78, 5) is 0. The van der Waals surface area contributed by atoms with Crippen molar-refractivity contribution in [1.29, 1.82) is 0 Å². The molecular formula is C50H36. The molecule has 11 rings (SSSR count). The normalized spacial score (nSPS) is 15.7. The van der Waals surface area contributed by atoms with E-state index in [0.29, 0.717) is 0 Å². The number of benzene rings is 8. The van der Waals surface area contributed by atoms with Gasteiger partial charge < -0.3 is 0 Å². The average molecular weight is 637 g/mol. The Bertz CT molecular complexity index is 2990. The van der Waals surface area contributed by atoms with E-state index in [1.165, 1.54) is 109 Å². The molecule has 0 N–H and O–H groups in total. The molecule has 0 aromatic heterocycles. The van der Waals surface area contributed by atoms with Gasteiger partial charge in [-0.2, -0.15) is 0 Å². The van der Waals surface area contributed by atoms with E-state index in [2.05, 4.69) is 159 Å². The van der Waals surface area contributed by atoms with Crippen molar-refractivity contribution < 1.29 is 0 Å². The average Bonchev–Trinajstić information content (AvgIpc) is 3.28. The van der Waals surface area contributed by atoms with E-state index < -0.39 is 0 Å². The summed E-state index contributed by atoms with van der Waals surface area (Å²) in [6.07, 6.45) is 10.3. The Kier molecular flexibility index (Phi) is 5.72. The molecule has 0 nitrogen and oxygen atoms in total. The third kappa shape index (κ3) is 3.77. The lowest BCUT2D eigenvalue weighted by molar-refractivity contribution is 0.710. The number of hydrogen-bond acceptors (Lipinski definition) is 0. The predicted molar refractivity (Wildman–Crippen MR) is 214 cm³/mol. The Balaban J connectivity index is 1.07. The molecule has 8 aromatic rings. The molecule has 0 amide bonds. The minimum Gasteiger partial charge on any atom is -0.0804 e. The summed E-state index contributed by atoms with van der Waals surface area (Å²) >= 11 is 0. The Hall–Kier alpha value is -5.72. The van der Waals surface area contributed by atoms with Crippen LogP contribution in [0.4, 0.5) is 0 Å². The highest BCUT2D eigenvalue weighted by atomic mass is 14.4. The summed E-state index contributed by atoms with van der Waals surface area (Å²) in [5.74, 6) is 0. The highest BCUT2D eigenvalue weighted by molar-refractivity contribution is 6.17. The largest absolute Gasteiger partial charge is 0.0804 e. The van der Waals surface area contributed by atoms with Gasteiger partial charge in [0.1, 0.15) is 0 Å². The van der Waals surface area contributed by atoms with Gasteiger partial charge in [-0.25, -0.2) is 0 Å². The van der Waals surface area contributed by atoms with Crippen molar-refractivity contribution in [2.75, 3.05) is 0 Å². The van der Waals surface area contributed by atoms with Crippen molar-refractivity contribution in [3.63, 3.8) is 0 Å². The fraction of sp³-hybridized carbons (Fsp3) is 0.120. The molecule has 0 atom stereocenters. The second-order valence-electron chi connectivity index (χ2n) is 15.1. The predicted octanol–water partition coefficient (Wildman–Crippen LogP) is 10.7. The maximum absolute atomic E-state index is 2.45. The molecule has 3 aliphatic carbocycles. The SMILES string of the molecule is CC1(C)C2=c3c(c4ccc(-c5ccc(C6=c7ccc8ccc(-c9ccccc9)c9ccc(c7c89)CC6)cc5)cc4c4cccc1c34)=CCC=C2. The Morgan fingerprint density at radius 3 is 2.22 bits per heavy atom. The Labute approximate surface area is 292 Å². The lowest BCUT2D eigenvalue weighted by Crippen LogP contribution is -2.28. The van der Waals surface area contributed by atoms with Crippen LogP contribution in [0, 0.1) is 0 Å². The van der Waals surface area contributed by atoms with E-state index in [1.54, 1.807) is 0 Å². The highest BCUT2D eigenvalue weighted by Gasteiger charge is 2.33. The molecule has 0 fully saturated rings. The maximum atomic E-state index is 2.45. The van der Waals surface area contributed by atoms with Gasteiger partial charge in [0.05, 0.1) is 0 Å². The number of rotatable bonds is 3. The van der Waals surface area contributed by atoms with Gasteiger partial charge in [-0.1, -0.05) is 153 Å². The smallest absolute Gasteiger partial charge is 0.0159 e. The molecule has 0 radical (unpaired) electrons. The van der Waals surface area contributed by atoms with Crippen LogP contribution in [0.5, 0.6) is 0 Å². The van der Waals surface area contributed by atoms with E-state index in [4.69, 9.17) is 0 Å². The molecule has 0 aliphatic heterocycles. The molecule has 3 aliphatic rings. The second kappa shape index (κ2) is 10.2. The highest BCUT2D eigenvalue weighted by Crippen LogP contribution is 2.43. The summed E-state index contributed by atoms with van der Waals surface area (Å²) in [6.45, 7) is 4.78. The van der Waals surface area contributed by atoms with Crippen LogP contribution < -0.4 is 15.7 Å². The van der Waals surface area contributed by atoms with Gasteiger partial charge in [-0.15, -0.1) is 0 Å². The molecular weight excluding hydrogens is 601 g/mol. The number of allylic oxidation sites excluding steroid dienone is 2. The minimum absolute atomic E-state index is 0.00217. The first-order valence-electron chi connectivity index (χ1n) is 18.1. The van der Waals surface area contributed by atoms with E-state index in [9.17, 15) is 0 Å². The van der Waals surface area contributed by atoms with Gasteiger partial charge in [0.2, 0.25) is 0 Å². The first-order valence-corrected chi connectivity index (χ1v) is 18.1. The zero-order valence-electron chi connectivity index (χ0n) is 28.5. The van der Waals surface area contributed by atoms with E-state index >= 15 is 0 Å². The lowest BCUT2D eigenvalue weighted by Gasteiger charge is -2.23. The summed E-state index contributed by atoms with van der Waals surface area (Å²) in [5, 5.41) is 15.3. The van der Waals surface area contributed by atoms with Gasteiger partial charge in [-0.05, 0) is 134 Å². The van der Waals surface area contributed by atoms with Crippen molar-refractivity contribution in [2.45, 2.75) is 38.5 Å². The van der Waals surface area contributed by atoms with E-state index in [-0.39, 0.29) is 5.41 Å². The second-order valence-corrected chi connectivity index (χ2v) is 15.1. The van der Waals surface area contributed by atoms with Crippen LogP contribution in [0.2, 0.25) is 0 Å². The maximum Gasteiger partial charge on any atom is 0.0159 e. The van der Waals surface area contributed by atoms with Crippen LogP contribution in [0.25, 0.3) is 82.6 Å². The summed E-state index contributed by atoms with van der Waals surface area (Å²) < 4.78 is 0. The van der Waals surface area contributed by atoms with Crippen molar-refractivity contribution in [3.05, 3.63) is 172 Å². The first-order chi connectivity index (χ1) is 24.6. The van der Waals surface area contributed by atoms with Crippen LogP contribution >= 0.6 is 0 Å². The van der Waals surface area contributed by atoms with Crippen LogP contribution in [0.1, 0.15) is 43.4 Å². The summed E-state index contributed by atoms with van der Waals surface area (Å²) in [7, 11) is 0. The molecule has 0 unspecified atom stereocenters. The van der Waals surface area contributed by atoms with Gasteiger partial charge in [-0.3, -0.25) is 0 Å². The molecule has 0 bridgehead atoms. The van der Waals surface area contributed by atoms with Gasteiger partial charge in [0.15, 0.2) is 0 Å². The van der Waals surface area contributed by atoms with Crippen LogP contribution in [0.3, 0.4) is 0 Å². The topological polar surface area (TPSA) is 0 Å². The third-order valence-electron chi connectivity index (χ3n) is 12.2. The zero-order valence-corrected chi connectivity index (χ0v) is 28.5. The van der Waals surface area contributed by atoms with E-state index in [1.807, 2.05) is 0 Å². The van der Waals surface area contributed by atoms with Gasteiger partial charge in [0, 0.05) is 5.41 Å². The molecule has 0 saturated heterocycles. The molecule has 0 heterocycles. The van der Waals surface area contributed by atoms with Crippen LogP contribution in [-0.2, 0) is 11.8 Å². The van der Waals surface area contributed by atoms with E-state index in [0.717, 1.165) is 19.3 Å². The third-order valence-corrected chi connectivity index (χ3v) is 12.2. The quantitative estimate of drug-likeness (QED) is 0.169. The number of aryl methyl sites for hydroxylation is 1. The standard InChI is InChI=1S/C50H36/c1-50(2)44-13-7-6-11-39-38-26-23-35(29-43(38)40-12-8-14-45(50)49(40)48(39)44)30-15-17-32(18-16-30)37-25-20-34-21-27-41-36(31-9-4-3-5-10-31)24-19-33-22-28-42(37)47(34)46(33)41/h3-5,7-19,21-24,26-29H,6,20,25H2,1-2H3. The Morgan fingerprint density at radius 1 is 0.540 bits per heavy atom. The molecule has 0 spiro atoms. The van der Waals surface area contributed by atoms with Crippen molar-refractivity contribution in [3.8, 4) is 22.3 Å². The van der Waals surface area contributed by atoms with Crippen molar-refractivity contribution in [1.82, 2.24) is 0 Å². The van der Waals surface area contributed by atoms with Crippen LogP contribution in [-0.4, -0.2) is 0 Å².